The summed E-state index contributed by atoms with van der Waals surface area (Å²) in [7, 11) is 0. The molecule has 2 aliphatic rings. The highest BCUT2D eigenvalue weighted by molar-refractivity contribution is 6.44. The highest BCUT2D eigenvalue weighted by Gasteiger charge is 2.32. The van der Waals surface area contributed by atoms with Gasteiger partial charge in [-0.05, 0) is 35.7 Å². The molecule has 2 aliphatic heterocycles. The zero-order valence-electron chi connectivity index (χ0n) is 16.3. The molecule has 2 heterocycles. The first-order valence-corrected chi connectivity index (χ1v) is 10.1. The van der Waals surface area contributed by atoms with E-state index < -0.39 is 0 Å². The Balaban J connectivity index is 1.62. The number of carbonyl (C=O) groups is 1. The summed E-state index contributed by atoms with van der Waals surface area (Å²) in [5, 5.41) is 0.267. The zero-order valence-corrected chi connectivity index (χ0v) is 17.1. The highest BCUT2D eigenvalue weighted by atomic mass is 35.5. The molecular formula is C23H23ClFN3O. The summed E-state index contributed by atoms with van der Waals surface area (Å²) in [6.45, 7) is 5.13. The Morgan fingerprint density at radius 2 is 1.97 bits per heavy atom. The van der Waals surface area contributed by atoms with Gasteiger partial charge < -0.3 is 4.90 Å². The number of piperazine rings is 1. The standard InChI is InChI=1S/C23H23ClFN3O/c1-16-11-19(25)8-7-18(16)14-27-9-10-28(20-12-26-13-22(29)23(20)24)21(15-27)17-5-3-2-4-6-17/h2-8,11-12,21H,9-10,13-15H2,1H3/t21-/m0/s1. The van der Waals surface area contributed by atoms with E-state index >= 15 is 0 Å². The van der Waals surface area contributed by atoms with Gasteiger partial charge in [0.15, 0.2) is 5.78 Å². The fourth-order valence-electron chi connectivity index (χ4n) is 3.99. The first-order valence-electron chi connectivity index (χ1n) is 9.74. The number of aryl methyl sites for hydroxylation is 1. The van der Waals surface area contributed by atoms with Crippen molar-refractivity contribution in [2.24, 2.45) is 4.99 Å². The fraction of sp³-hybridized carbons (Fsp3) is 0.304. The summed E-state index contributed by atoms with van der Waals surface area (Å²) < 4.78 is 13.5. The molecule has 0 radical (unpaired) electrons. The average Bonchev–Trinajstić information content (AvgIpc) is 2.73. The minimum atomic E-state index is -0.207. The first-order chi connectivity index (χ1) is 14.0. The molecule has 4 nitrogen and oxygen atoms in total. The van der Waals surface area contributed by atoms with Crippen LogP contribution in [0.5, 0.6) is 0 Å². The molecule has 0 aliphatic carbocycles. The van der Waals surface area contributed by atoms with E-state index in [0.29, 0.717) is 5.70 Å². The molecule has 1 saturated heterocycles. The summed E-state index contributed by atoms with van der Waals surface area (Å²) in [5.74, 6) is -0.346. The molecule has 150 valence electrons. The van der Waals surface area contributed by atoms with E-state index in [2.05, 4.69) is 26.9 Å². The van der Waals surface area contributed by atoms with Gasteiger partial charge in [0.1, 0.15) is 17.4 Å². The molecule has 0 N–H and O–H groups in total. The van der Waals surface area contributed by atoms with Crippen LogP contribution in [-0.4, -0.2) is 48.0 Å². The number of hydrogen-bond acceptors (Lipinski definition) is 4. The largest absolute Gasteiger partial charge is 0.359 e. The predicted molar refractivity (Wildman–Crippen MR) is 114 cm³/mol. The van der Waals surface area contributed by atoms with Gasteiger partial charge >= 0.3 is 0 Å². The quantitative estimate of drug-likeness (QED) is 0.760. The smallest absolute Gasteiger partial charge is 0.197 e. The second-order valence-electron chi connectivity index (χ2n) is 7.52. The maximum absolute atomic E-state index is 13.5. The van der Waals surface area contributed by atoms with Crippen LogP contribution in [-0.2, 0) is 11.3 Å². The van der Waals surface area contributed by atoms with Gasteiger partial charge in [-0.3, -0.25) is 14.7 Å². The lowest BCUT2D eigenvalue weighted by Crippen LogP contribution is -2.48. The molecule has 0 spiro atoms. The number of Topliss-reactive ketones (excluding diaryl/α,β-unsaturated/α-hetero) is 1. The highest BCUT2D eigenvalue weighted by Crippen LogP contribution is 2.32. The number of rotatable bonds is 4. The predicted octanol–water partition coefficient (Wildman–Crippen LogP) is 4.10. The van der Waals surface area contributed by atoms with Gasteiger partial charge in [-0.25, -0.2) is 4.39 Å². The third-order valence-electron chi connectivity index (χ3n) is 5.58. The second-order valence-corrected chi connectivity index (χ2v) is 7.90. The number of ketones is 1. The van der Waals surface area contributed by atoms with Crippen molar-refractivity contribution in [3.8, 4) is 0 Å². The van der Waals surface area contributed by atoms with Gasteiger partial charge in [-0.1, -0.05) is 48.0 Å². The van der Waals surface area contributed by atoms with Crippen molar-refractivity contribution < 1.29 is 9.18 Å². The van der Waals surface area contributed by atoms with E-state index in [0.717, 1.165) is 42.9 Å². The van der Waals surface area contributed by atoms with Crippen LogP contribution in [0.25, 0.3) is 0 Å². The second kappa shape index (κ2) is 8.47. The molecule has 2 aromatic rings. The minimum Gasteiger partial charge on any atom is -0.359 e. The average molecular weight is 412 g/mol. The van der Waals surface area contributed by atoms with E-state index in [-0.39, 0.29) is 29.2 Å². The van der Waals surface area contributed by atoms with E-state index in [1.165, 1.54) is 6.07 Å². The van der Waals surface area contributed by atoms with Gasteiger partial charge in [0.25, 0.3) is 0 Å². The third-order valence-corrected chi connectivity index (χ3v) is 5.98. The van der Waals surface area contributed by atoms with Crippen LogP contribution in [0, 0.1) is 12.7 Å². The molecule has 0 bridgehead atoms. The van der Waals surface area contributed by atoms with Crippen molar-refractivity contribution in [3.63, 3.8) is 0 Å². The molecule has 1 fully saturated rings. The molecular weight excluding hydrogens is 389 g/mol. The van der Waals surface area contributed by atoms with Crippen molar-refractivity contribution in [1.82, 2.24) is 9.80 Å². The number of halogens is 2. The number of carbonyl (C=O) groups excluding carboxylic acids is 1. The topological polar surface area (TPSA) is 35.9 Å². The number of hydrogen-bond donors (Lipinski definition) is 0. The van der Waals surface area contributed by atoms with Gasteiger partial charge in [0.05, 0.1) is 11.7 Å². The number of dihydropyridines is 1. The van der Waals surface area contributed by atoms with Gasteiger partial charge in [0.2, 0.25) is 0 Å². The fourth-order valence-corrected chi connectivity index (χ4v) is 4.21. The van der Waals surface area contributed by atoms with Crippen molar-refractivity contribution in [2.45, 2.75) is 19.5 Å². The lowest BCUT2D eigenvalue weighted by Gasteiger charge is -2.44. The third kappa shape index (κ3) is 4.26. The van der Waals surface area contributed by atoms with E-state index in [1.54, 1.807) is 12.3 Å². The summed E-state index contributed by atoms with van der Waals surface area (Å²) in [6.07, 6.45) is 1.72. The summed E-state index contributed by atoms with van der Waals surface area (Å²) in [5.41, 5.74) is 3.95. The van der Waals surface area contributed by atoms with Crippen LogP contribution in [0.4, 0.5) is 4.39 Å². The molecule has 0 unspecified atom stereocenters. The Labute approximate surface area is 175 Å². The Hall–Kier alpha value is -2.50. The zero-order chi connectivity index (χ0) is 20.4. The Kier molecular flexibility index (Phi) is 5.79. The Morgan fingerprint density at radius 1 is 1.17 bits per heavy atom. The van der Waals surface area contributed by atoms with Crippen LogP contribution < -0.4 is 0 Å². The normalized spacial score (nSPS) is 20.4. The molecule has 0 aromatic heterocycles. The minimum absolute atomic E-state index is 0.0480. The van der Waals surface area contributed by atoms with E-state index in [1.807, 2.05) is 31.2 Å². The monoisotopic (exact) mass is 411 g/mol. The number of nitrogens with zero attached hydrogens (tertiary/aromatic N) is 3. The first kappa shape index (κ1) is 19.8. The van der Waals surface area contributed by atoms with Crippen LogP contribution in [0.1, 0.15) is 22.7 Å². The maximum atomic E-state index is 13.5. The van der Waals surface area contributed by atoms with E-state index in [9.17, 15) is 9.18 Å². The molecule has 4 rings (SSSR count). The molecule has 1 atom stereocenters. The van der Waals surface area contributed by atoms with Crippen LogP contribution in [0.15, 0.2) is 64.3 Å². The Bertz CT molecular complexity index is 973. The lowest BCUT2D eigenvalue weighted by molar-refractivity contribution is -0.113. The van der Waals surface area contributed by atoms with Gasteiger partial charge in [-0.15, -0.1) is 0 Å². The van der Waals surface area contributed by atoms with Crippen molar-refractivity contribution in [1.29, 1.82) is 0 Å². The summed E-state index contributed by atoms with van der Waals surface area (Å²) in [6, 6.07) is 15.2. The molecule has 6 heteroatoms. The van der Waals surface area contributed by atoms with Crippen LogP contribution in [0.2, 0.25) is 0 Å². The number of allylic oxidation sites excluding steroid dienone is 1. The van der Waals surface area contributed by atoms with Crippen molar-refractivity contribution >= 4 is 23.6 Å². The maximum Gasteiger partial charge on any atom is 0.197 e. The van der Waals surface area contributed by atoms with Crippen molar-refractivity contribution in [2.75, 3.05) is 26.2 Å². The lowest BCUT2D eigenvalue weighted by atomic mass is 10.00. The van der Waals surface area contributed by atoms with Crippen LogP contribution in [0.3, 0.4) is 0 Å². The molecule has 0 saturated carbocycles. The summed E-state index contributed by atoms with van der Waals surface area (Å²) >= 11 is 6.37. The molecule has 2 aromatic carbocycles. The Morgan fingerprint density at radius 3 is 2.72 bits per heavy atom. The summed E-state index contributed by atoms with van der Waals surface area (Å²) in [4.78, 5) is 20.8. The van der Waals surface area contributed by atoms with Crippen molar-refractivity contribution in [3.05, 3.63) is 81.8 Å². The van der Waals surface area contributed by atoms with E-state index in [4.69, 9.17) is 11.6 Å². The van der Waals surface area contributed by atoms with Gasteiger partial charge in [-0.2, -0.15) is 0 Å². The number of benzene rings is 2. The molecule has 29 heavy (non-hydrogen) atoms. The SMILES string of the molecule is Cc1cc(F)ccc1CN1CCN(C2=C(Cl)C(=O)CN=C2)[C@H](c2ccccc2)C1. The molecule has 0 amide bonds. The van der Waals surface area contributed by atoms with Gasteiger partial charge in [0, 0.05) is 32.4 Å². The van der Waals surface area contributed by atoms with Crippen LogP contribution >= 0.6 is 11.6 Å². The number of aliphatic imine (C=N–C) groups is 1.